The van der Waals surface area contributed by atoms with Crippen LogP contribution >= 0.6 is 0 Å². The van der Waals surface area contributed by atoms with Crippen LogP contribution in [-0.2, 0) is 10.0 Å². The summed E-state index contributed by atoms with van der Waals surface area (Å²) in [6.45, 7) is 0.573. The molecule has 1 aliphatic heterocycles. The van der Waals surface area contributed by atoms with Gasteiger partial charge in [-0.05, 0) is 43.2 Å². The third kappa shape index (κ3) is 4.23. The van der Waals surface area contributed by atoms with Gasteiger partial charge in [-0.1, -0.05) is 0 Å². The summed E-state index contributed by atoms with van der Waals surface area (Å²) < 4.78 is 45.0. The van der Waals surface area contributed by atoms with E-state index in [2.05, 4.69) is 5.32 Å². The van der Waals surface area contributed by atoms with Gasteiger partial charge >= 0.3 is 0 Å². The Morgan fingerprint density at radius 3 is 2.39 bits per heavy atom. The highest BCUT2D eigenvalue weighted by Gasteiger charge is 2.29. The summed E-state index contributed by atoms with van der Waals surface area (Å²) in [7, 11) is -2.20. The lowest BCUT2D eigenvalue weighted by atomic mass is 10.1. The van der Waals surface area contributed by atoms with E-state index >= 15 is 0 Å². The smallest absolute Gasteiger partial charge is 0.271 e. The van der Waals surface area contributed by atoms with Gasteiger partial charge in [0.25, 0.3) is 5.69 Å². The lowest BCUT2D eigenvalue weighted by Gasteiger charge is -2.32. The fraction of sp³-hybridized carbons (Fsp3) is 0.333. The van der Waals surface area contributed by atoms with Crippen LogP contribution in [0.25, 0.3) is 0 Å². The quantitative estimate of drug-likeness (QED) is 0.581. The maximum absolute atomic E-state index is 13.0. The first-order valence-corrected chi connectivity index (χ1v) is 10.1. The van der Waals surface area contributed by atoms with Crippen LogP contribution in [0.2, 0.25) is 0 Å². The number of sulfonamides is 1. The number of hydrogen-bond donors (Lipinski definition) is 1. The SMILES string of the molecule is COc1ccc([N+](=O)[O-])cc1NC1CCN(S(=O)(=O)c2ccc(F)cc2)CC1. The van der Waals surface area contributed by atoms with Crippen LogP contribution in [0.15, 0.2) is 47.4 Å². The van der Waals surface area contributed by atoms with E-state index in [1.165, 1.54) is 41.7 Å². The Kier molecular flexibility index (Phi) is 5.80. The predicted octanol–water partition coefficient (Wildman–Crippen LogP) is 3.01. The minimum absolute atomic E-state index is 0.0559. The number of halogens is 1. The second kappa shape index (κ2) is 8.11. The number of piperidine rings is 1. The zero-order chi connectivity index (χ0) is 20.3. The number of hydrogen-bond acceptors (Lipinski definition) is 6. The number of benzene rings is 2. The third-order valence-corrected chi connectivity index (χ3v) is 6.57. The van der Waals surface area contributed by atoms with Gasteiger partial charge in [0.05, 0.1) is 22.6 Å². The van der Waals surface area contributed by atoms with Gasteiger partial charge in [-0.25, -0.2) is 12.8 Å². The average Bonchev–Trinajstić information content (AvgIpc) is 2.68. The summed E-state index contributed by atoms with van der Waals surface area (Å²) in [5.74, 6) is -0.0141. The van der Waals surface area contributed by atoms with Crippen molar-refractivity contribution < 1.29 is 22.5 Å². The van der Waals surface area contributed by atoms with Gasteiger partial charge in [-0.2, -0.15) is 4.31 Å². The van der Waals surface area contributed by atoms with E-state index in [0.29, 0.717) is 24.3 Å². The molecule has 0 radical (unpaired) electrons. The number of nitro groups is 1. The Labute approximate surface area is 162 Å². The molecule has 0 unspecified atom stereocenters. The number of nitro benzene ring substituents is 1. The van der Waals surface area contributed by atoms with Gasteiger partial charge < -0.3 is 10.1 Å². The van der Waals surface area contributed by atoms with E-state index in [1.807, 2.05) is 0 Å². The van der Waals surface area contributed by atoms with Crippen LogP contribution < -0.4 is 10.1 Å². The van der Waals surface area contributed by atoms with Crippen molar-refractivity contribution in [2.24, 2.45) is 0 Å². The third-order valence-electron chi connectivity index (χ3n) is 4.66. The zero-order valence-corrected chi connectivity index (χ0v) is 16.0. The van der Waals surface area contributed by atoms with Gasteiger partial charge in [0.15, 0.2) is 0 Å². The molecule has 10 heteroatoms. The monoisotopic (exact) mass is 409 g/mol. The molecule has 1 saturated heterocycles. The molecule has 150 valence electrons. The Morgan fingerprint density at radius 1 is 1.18 bits per heavy atom. The number of methoxy groups -OCH3 is 1. The first kappa shape index (κ1) is 20.0. The highest BCUT2D eigenvalue weighted by Crippen LogP contribution is 2.31. The number of nitrogens with zero attached hydrogens (tertiary/aromatic N) is 2. The van der Waals surface area contributed by atoms with E-state index in [9.17, 15) is 22.9 Å². The topological polar surface area (TPSA) is 102 Å². The maximum Gasteiger partial charge on any atom is 0.271 e. The molecule has 0 amide bonds. The van der Waals surface area contributed by atoms with Gasteiger partial charge in [0, 0.05) is 31.3 Å². The molecule has 8 nitrogen and oxygen atoms in total. The summed E-state index contributed by atoms with van der Waals surface area (Å²) in [4.78, 5) is 10.6. The van der Waals surface area contributed by atoms with Crippen LogP contribution in [0.4, 0.5) is 15.8 Å². The van der Waals surface area contributed by atoms with Crippen molar-refractivity contribution in [1.29, 1.82) is 0 Å². The Hall–Kier alpha value is -2.72. The molecule has 1 heterocycles. The molecular weight excluding hydrogens is 389 g/mol. The largest absolute Gasteiger partial charge is 0.495 e. The summed E-state index contributed by atoms with van der Waals surface area (Å²) in [6.07, 6.45) is 1.04. The standard InChI is InChI=1S/C18H20FN3O5S/c1-27-18-7-4-15(22(23)24)12-17(18)20-14-8-10-21(11-9-14)28(25,26)16-5-2-13(19)3-6-16/h2-7,12,14,20H,8-11H2,1H3. The van der Waals surface area contributed by atoms with Gasteiger partial charge in [0.2, 0.25) is 10.0 Å². The summed E-state index contributed by atoms with van der Waals surface area (Å²) in [6, 6.07) is 8.98. The van der Waals surface area contributed by atoms with E-state index in [1.54, 1.807) is 0 Å². The molecule has 0 aromatic heterocycles. The van der Waals surface area contributed by atoms with Crippen molar-refractivity contribution in [3.05, 3.63) is 58.4 Å². The predicted molar refractivity (Wildman–Crippen MR) is 101 cm³/mol. The first-order valence-electron chi connectivity index (χ1n) is 8.66. The van der Waals surface area contributed by atoms with Crippen LogP contribution in [-0.4, -0.2) is 43.9 Å². The van der Waals surface area contributed by atoms with Gasteiger partial charge in [-0.15, -0.1) is 0 Å². The number of anilines is 1. The van der Waals surface area contributed by atoms with Crippen molar-refractivity contribution in [3.8, 4) is 5.75 Å². The highest BCUT2D eigenvalue weighted by atomic mass is 32.2. The van der Waals surface area contributed by atoms with Gasteiger partial charge in [-0.3, -0.25) is 10.1 Å². The van der Waals surface area contributed by atoms with Crippen molar-refractivity contribution >= 4 is 21.4 Å². The first-order chi connectivity index (χ1) is 13.3. The molecule has 1 N–H and O–H groups in total. The van der Waals surface area contributed by atoms with Crippen LogP contribution in [0.3, 0.4) is 0 Å². The molecule has 0 saturated carbocycles. The van der Waals surface area contributed by atoms with Crippen LogP contribution in [0.5, 0.6) is 5.75 Å². The molecule has 1 aliphatic rings. The van der Waals surface area contributed by atoms with E-state index < -0.39 is 20.8 Å². The number of ether oxygens (including phenoxy) is 1. The Morgan fingerprint density at radius 2 is 1.82 bits per heavy atom. The average molecular weight is 409 g/mol. The number of nitrogens with one attached hydrogen (secondary N) is 1. The molecule has 0 aliphatic carbocycles. The highest BCUT2D eigenvalue weighted by molar-refractivity contribution is 7.89. The van der Waals surface area contributed by atoms with E-state index in [4.69, 9.17) is 4.74 Å². The fourth-order valence-corrected chi connectivity index (χ4v) is 4.61. The molecule has 0 atom stereocenters. The Bertz CT molecular complexity index is 958. The van der Waals surface area contributed by atoms with Crippen molar-refractivity contribution in [1.82, 2.24) is 4.31 Å². The minimum Gasteiger partial charge on any atom is -0.495 e. The fourth-order valence-electron chi connectivity index (χ4n) is 3.14. The van der Waals surface area contributed by atoms with E-state index in [0.717, 1.165) is 12.1 Å². The molecule has 2 aromatic rings. The zero-order valence-electron chi connectivity index (χ0n) is 15.2. The van der Waals surface area contributed by atoms with Crippen molar-refractivity contribution in [3.63, 3.8) is 0 Å². The molecule has 0 spiro atoms. The molecular formula is C18H20FN3O5S. The number of non-ortho nitro benzene ring substituents is 1. The summed E-state index contributed by atoms with van der Waals surface area (Å²) >= 11 is 0. The molecule has 0 bridgehead atoms. The van der Waals surface area contributed by atoms with Crippen molar-refractivity contribution in [2.75, 3.05) is 25.5 Å². The molecule has 28 heavy (non-hydrogen) atoms. The number of rotatable bonds is 6. The van der Waals surface area contributed by atoms with Crippen molar-refractivity contribution in [2.45, 2.75) is 23.8 Å². The summed E-state index contributed by atoms with van der Waals surface area (Å²) in [5, 5.41) is 14.2. The minimum atomic E-state index is -3.68. The van der Waals surface area contributed by atoms with Gasteiger partial charge in [0.1, 0.15) is 11.6 Å². The normalized spacial score (nSPS) is 15.9. The second-order valence-electron chi connectivity index (χ2n) is 6.42. The lowest BCUT2D eigenvalue weighted by Crippen LogP contribution is -2.42. The molecule has 1 fully saturated rings. The van der Waals surface area contributed by atoms with E-state index in [-0.39, 0.29) is 29.7 Å². The lowest BCUT2D eigenvalue weighted by molar-refractivity contribution is -0.384. The Balaban J connectivity index is 1.68. The van der Waals surface area contributed by atoms with Crippen LogP contribution in [0, 0.1) is 15.9 Å². The molecule has 3 rings (SSSR count). The summed E-state index contributed by atoms with van der Waals surface area (Å²) in [5.41, 5.74) is 0.441. The molecule has 2 aromatic carbocycles. The second-order valence-corrected chi connectivity index (χ2v) is 8.36. The maximum atomic E-state index is 13.0. The van der Waals surface area contributed by atoms with Crippen LogP contribution in [0.1, 0.15) is 12.8 Å².